The van der Waals surface area contributed by atoms with Gasteiger partial charge < -0.3 is 15.2 Å². The molecule has 7 nitrogen and oxygen atoms in total. The van der Waals surface area contributed by atoms with E-state index in [2.05, 4.69) is 25.3 Å². The number of piperidine rings is 1. The smallest absolute Gasteiger partial charge is 0.255 e. The maximum absolute atomic E-state index is 14.5. The van der Waals surface area contributed by atoms with E-state index in [9.17, 15) is 9.18 Å². The van der Waals surface area contributed by atoms with Crippen molar-refractivity contribution in [1.29, 1.82) is 0 Å². The van der Waals surface area contributed by atoms with Gasteiger partial charge in [0.2, 0.25) is 0 Å². The molecule has 4 heterocycles. The lowest BCUT2D eigenvalue weighted by Gasteiger charge is -2.33. The van der Waals surface area contributed by atoms with Gasteiger partial charge in [0.1, 0.15) is 5.65 Å². The number of pyridine rings is 1. The maximum Gasteiger partial charge on any atom is 0.255 e. The summed E-state index contributed by atoms with van der Waals surface area (Å²) in [5, 5.41) is 5.14. The minimum atomic E-state index is -0.554. The van der Waals surface area contributed by atoms with Crippen LogP contribution in [0.4, 0.5) is 10.2 Å². The van der Waals surface area contributed by atoms with E-state index in [1.54, 1.807) is 41.6 Å². The maximum atomic E-state index is 14.5. The van der Waals surface area contributed by atoms with Crippen LogP contribution in [0, 0.1) is 11.7 Å². The number of halogens is 4. The number of hydrogen-bond acceptors (Lipinski definition) is 5. The Kier molecular flexibility index (Phi) is 6.77. The van der Waals surface area contributed by atoms with Gasteiger partial charge in [-0.3, -0.25) is 4.79 Å². The van der Waals surface area contributed by atoms with Crippen LogP contribution in [0.5, 0.6) is 0 Å². The molecule has 180 valence electrons. The highest BCUT2D eigenvalue weighted by atomic mass is 35.5. The summed E-state index contributed by atoms with van der Waals surface area (Å²) in [4.78, 5) is 30.6. The monoisotopic (exact) mass is 532 g/mol. The number of nitrogens with zero attached hydrogens (tertiary/aromatic N) is 4. The predicted octanol–water partition coefficient (Wildman–Crippen LogP) is 6.08. The molecule has 1 aromatic carbocycles. The molecule has 0 spiro atoms. The van der Waals surface area contributed by atoms with Crippen molar-refractivity contribution in [3.63, 3.8) is 0 Å². The lowest BCUT2D eigenvalue weighted by Crippen LogP contribution is -2.42. The highest BCUT2D eigenvalue weighted by Crippen LogP contribution is 2.29. The lowest BCUT2D eigenvalue weighted by molar-refractivity contribution is 0.0680. The number of H-pyrrole nitrogens is 1. The summed E-state index contributed by atoms with van der Waals surface area (Å²) >= 11 is 18.3. The van der Waals surface area contributed by atoms with Crippen molar-refractivity contribution in [3.8, 4) is 11.4 Å². The Morgan fingerprint density at radius 2 is 2.03 bits per heavy atom. The van der Waals surface area contributed by atoms with Crippen molar-refractivity contribution in [1.82, 2.24) is 24.8 Å². The van der Waals surface area contributed by atoms with Crippen LogP contribution in [-0.4, -0.2) is 50.4 Å². The van der Waals surface area contributed by atoms with Crippen LogP contribution in [0.25, 0.3) is 22.4 Å². The van der Waals surface area contributed by atoms with Gasteiger partial charge in [0.05, 0.1) is 21.8 Å². The fraction of sp³-hybridized carbons (Fsp3) is 0.250. The SMILES string of the molecule is O=C(c1ccc(Cl)cc1Cl)N1CCCC(CNc2nc(-c3c[nH]c4ncc(Cl)cc34)ncc2F)C1. The first kappa shape index (κ1) is 23.8. The standard InChI is InChI=1S/C24H20Cl3FN6O/c25-14-3-4-16(19(27)7-14)24(35)34-5-1-2-13(12-34)8-29-23-20(28)11-32-22(33-23)18-10-31-21-17(18)6-15(26)9-30-21/h3-4,6-7,9-11,13H,1-2,5,8,12H2,(H,30,31)(H,29,32,33). The number of benzene rings is 1. The number of rotatable bonds is 5. The molecule has 0 radical (unpaired) electrons. The van der Waals surface area contributed by atoms with E-state index in [4.69, 9.17) is 34.8 Å². The van der Waals surface area contributed by atoms with E-state index in [0.29, 0.717) is 57.3 Å². The highest BCUT2D eigenvalue weighted by Gasteiger charge is 2.26. The minimum Gasteiger partial charge on any atom is -0.367 e. The van der Waals surface area contributed by atoms with Crippen molar-refractivity contribution in [2.45, 2.75) is 12.8 Å². The molecule has 11 heteroatoms. The quantitative estimate of drug-likeness (QED) is 0.324. The van der Waals surface area contributed by atoms with Crippen molar-refractivity contribution >= 4 is 57.6 Å². The van der Waals surface area contributed by atoms with Gasteiger partial charge in [-0.05, 0) is 43.0 Å². The Morgan fingerprint density at radius 3 is 2.86 bits per heavy atom. The third-order valence-electron chi connectivity index (χ3n) is 6.01. The molecule has 1 amide bonds. The molecule has 3 aromatic heterocycles. The number of amides is 1. The third kappa shape index (κ3) is 5.05. The molecule has 1 saturated heterocycles. The molecule has 1 atom stereocenters. The molecule has 1 unspecified atom stereocenters. The molecular formula is C24H20Cl3FN6O. The number of carbonyl (C=O) groups excluding carboxylic acids is 1. The van der Waals surface area contributed by atoms with Gasteiger partial charge in [0.15, 0.2) is 17.5 Å². The van der Waals surface area contributed by atoms with Gasteiger partial charge in [0, 0.05) is 48.0 Å². The molecule has 1 aliphatic rings. The predicted molar refractivity (Wildman–Crippen MR) is 136 cm³/mol. The summed E-state index contributed by atoms with van der Waals surface area (Å²) in [5.41, 5.74) is 1.73. The largest absolute Gasteiger partial charge is 0.367 e. The molecule has 4 aromatic rings. The van der Waals surface area contributed by atoms with E-state index in [1.807, 2.05) is 0 Å². The number of likely N-dealkylation sites (tertiary alicyclic amines) is 1. The summed E-state index contributed by atoms with van der Waals surface area (Å²) in [7, 11) is 0. The van der Waals surface area contributed by atoms with Crippen LogP contribution < -0.4 is 5.32 Å². The molecule has 0 bridgehead atoms. The van der Waals surface area contributed by atoms with Crippen LogP contribution in [0.1, 0.15) is 23.2 Å². The molecule has 35 heavy (non-hydrogen) atoms. The molecule has 2 N–H and O–H groups in total. The fourth-order valence-corrected chi connectivity index (χ4v) is 4.92. The van der Waals surface area contributed by atoms with Gasteiger partial charge in [0.25, 0.3) is 5.91 Å². The first-order chi connectivity index (χ1) is 16.9. The average molecular weight is 534 g/mol. The summed E-state index contributed by atoms with van der Waals surface area (Å²) in [6.45, 7) is 1.61. The second-order valence-electron chi connectivity index (χ2n) is 8.41. The van der Waals surface area contributed by atoms with E-state index < -0.39 is 5.82 Å². The Hall–Kier alpha value is -2.94. The number of fused-ring (bicyclic) bond motifs is 1. The number of nitrogens with one attached hydrogen (secondary N) is 2. The number of aromatic amines is 1. The van der Waals surface area contributed by atoms with Crippen LogP contribution in [-0.2, 0) is 0 Å². The highest BCUT2D eigenvalue weighted by molar-refractivity contribution is 6.36. The van der Waals surface area contributed by atoms with Crippen LogP contribution in [0.3, 0.4) is 0 Å². The van der Waals surface area contributed by atoms with Crippen LogP contribution >= 0.6 is 34.8 Å². The third-order valence-corrected chi connectivity index (χ3v) is 6.76. The summed E-state index contributed by atoms with van der Waals surface area (Å²) < 4.78 is 14.5. The first-order valence-corrected chi connectivity index (χ1v) is 12.2. The Morgan fingerprint density at radius 1 is 1.17 bits per heavy atom. The van der Waals surface area contributed by atoms with E-state index in [-0.39, 0.29) is 17.6 Å². The minimum absolute atomic E-state index is 0.100. The van der Waals surface area contributed by atoms with Crippen molar-refractivity contribution in [3.05, 3.63) is 69.3 Å². The normalized spacial score (nSPS) is 16.0. The van der Waals surface area contributed by atoms with Gasteiger partial charge in [-0.2, -0.15) is 0 Å². The molecule has 0 aliphatic carbocycles. The van der Waals surface area contributed by atoms with Crippen molar-refractivity contribution in [2.24, 2.45) is 5.92 Å². The van der Waals surface area contributed by atoms with E-state index >= 15 is 0 Å². The number of hydrogen-bond donors (Lipinski definition) is 2. The van der Waals surface area contributed by atoms with E-state index in [0.717, 1.165) is 24.4 Å². The molecule has 1 fully saturated rings. The molecule has 1 aliphatic heterocycles. The van der Waals surface area contributed by atoms with Crippen molar-refractivity contribution < 1.29 is 9.18 Å². The zero-order chi connectivity index (χ0) is 24.5. The zero-order valence-corrected chi connectivity index (χ0v) is 20.6. The van der Waals surface area contributed by atoms with Gasteiger partial charge in [-0.15, -0.1) is 0 Å². The number of carbonyl (C=O) groups is 1. The summed E-state index contributed by atoms with van der Waals surface area (Å²) in [6.07, 6.45) is 6.14. The lowest BCUT2D eigenvalue weighted by atomic mass is 9.97. The summed E-state index contributed by atoms with van der Waals surface area (Å²) in [5.74, 6) is -0.127. The number of anilines is 1. The second kappa shape index (κ2) is 9.97. The molecule has 5 rings (SSSR count). The first-order valence-electron chi connectivity index (χ1n) is 11.0. The molecule has 0 saturated carbocycles. The zero-order valence-electron chi connectivity index (χ0n) is 18.4. The average Bonchev–Trinajstić information content (AvgIpc) is 3.26. The van der Waals surface area contributed by atoms with Gasteiger partial charge in [-0.25, -0.2) is 19.3 Å². The van der Waals surface area contributed by atoms with Gasteiger partial charge in [-0.1, -0.05) is 34.8 Å². The second-order valence-corrected chi connectivity index (χ2v) is 9.69. The Balaban J connectivity index is 1.29. The fourth-order valence-electron chi connectivity index (χ4n) is 4.27. The van der Waals surface area contributed by atoms with Crippen LogP contribution in [0.15, 0.2) is 42.9 Å². The topological polar surface area (TPSA) is 86.8 Å². The summed E-state index contributed by atoms with van der Waals surface area (Å²) in [6, 6.07) is 6.61. The Labute approximate surface area is 215 Å². The molecular weight excluding hydrogens is 514 g/mol. The van der Waals surface area contributed by atoms with Crippen molar-refractivity contribution in [2.75, 3.05) is 25.0 Å². The van der Waals surface area contributed by atoms with Gasteiger partial charge >= 0.3 is 0 Å². The number of aromatic nitrogens is 4. The van der Waals surface area contributed by atoms with Crippen LogP contribution in [0.2, 0.25) is 15.1 Å². The Bertz CT molecular complexity index is 1410. The van der Waals surface area contributed by atoms with E-state index in [1.165, 1.54) is 0 Å².